The third-order valence-electron chi connectivity index (χ3n) is 3.56. The molecule has 0 saturated carbocycles. The van der Waals surface area contributed by atoms with Crippen LogP contribution in [0.25, 0.3) is 0 Å². The zero-order chi connectivity index (χ0) is 15.2. The Morgan fingerprint density at radius 3 is 2.57 bits per heavy atom. The summed E-state index contributed by atoms with van der Waals surface area (Å²) in [6.45, 7) is 5.21. The number of benzene rings is 1. The third kappa shape index (κ3) is 3.85. The average molecular weight is 328 g/mol. The zero-order valence-electron chi connectivity index (χ0n) is 12.2. The van der Waals surface area contributed by atoms with Gasteiger partial charge in [0.2, 0.25) is 0 Å². The van der Waals surface area contributed by atoms with Crippen LogP contribution in [-0.2, 0) is 6.42 Å². The minimum atomic E-state index is 0.0349. The van der Waals surface area contributed by atoms with Crippen molar-refractivity contribution in [3.05, 3.63) is 23.3 Å². The number of piperazine rings is 1. The predicted octanol–water partition coefficient (Wildman–Crippen LogP) is 2.02. The van der Waals surface area contributed by atoms with Crippen molar-refractivity contribution in [1.29, 1.82) is 0 Å². The summed E-state index contributed by atoms with van der Waals surface area (Å²) < 4.78 is 10.6. The van der Waals surface area contributed by atoms with Crippen molar-refractivity contribution in [3.8, 4) is 11.5 Å². The van der Waals surface area contributed by atoms with Crippen LogP contribution in [0.2, 0.25) is 0 Å². The van der Waals surface area contributed by atoms with Crippen molar-refractivity contribution in [2.45, 2.75) is 19.8 Å². The highest BCUT2D eigenvalue weighted by Gasteiger charge is 2.24. The lowest BCUT2D eigenvalue weighted by atomic mass is 10.00. The molecule has 21 heavy (non-hydrogen) atoms. The van der Waals surface area contributed by atoms with E-state index in [1.54, 1.807) is 6.07 Å². The Bertz CT molecular complexity index is 505. The molecule has 1 aromatic carbocycles. The topological polar surface area (TPSA) is 50.8 Å². The molecule has 2 atom stereocenters. The number of amides is 1. The molecule has 0 spiro atoms. The molecule has 7 heteroatoms. The Hall–Kier alpha value is -0.890. The predicted molar refractivity (Wildman–Crippen MR) is 89.9 cm³/mol. The molecule has 0 bridgehead atoms. The first-order valence-corrected chi connectivity index (χ1v) is 8.06. The summed E-state index contributed by atoms with van der Waals surface area (Å²) in [6, 6.07) is 3.66. The molecule has 1 N–H and O–H groups in total. The number of nitrogens with one attached hydrogen (secondary N) is 1. The second-order valence-corrected chi connectivity index (χ2v) is 5.45. The number of hydrogen-bond acceptors (Lipinski definition) is 4. The molecule has 2 unspecified atom stereocenters. The molecule has 1 aliphatic heterocycles. The number of aryl methyl sites for hydroxylation is 1. The van der Waals surface area contributed by atoms with Gasteiger partial charge in [0.25, 0.3) is 5.91 Å². The maximum Gasteiger partial charge on any atom is 0.258 e. The molecule has 0 aromatic heterocycles. The molecule has 1 fully saturated rings. The Morgan fingerprint density at radius 2 is 2.00 bits per heavy atom. The molecule has 0 radical (unpaired) electrons. The van der Waals surface area contributed by atoms with E-state index < -0.39 is 0 Å². The van der Waals surface area contributed by atoms with Crippen molar-refractivity contribution < 1.29 is 13.8 Å². The minimum absolute atomic E-state index is 0.0349. The molecular weight excluding hydrogens is 306 g/mol. The highest BCUT2D eigenvalue weighted by atomic mass is 31.0. The van der Waals surface area contributed by atoms with E-state index in [0.717, 1.165) is 44.6 Å². The average Bonchev–Trinajstić information content (AvgIpc) is 2.54. The fraction of sp³-hybridized carbons (Fsp3) is 0.500. The van der Waals surface area contributed by atoms with Gasteiger partial charge in [-0.15, -0.1) is 0 Å². The van der Waals surface area contributed by atoms with Crippen LogP contribution >= 0.6 is 18.9 Å². The summed E-state index contributed by atoms with van der Waals surface area (Å²) in [5.74, 6) is 1.26. The Labute approximate surface area is 130 Å². The molecule has 1 amide bonds. The highest BCUT2D eigenvalue weighted by molar-refractivity contribution is 7.10. The lowest BCUT2D eigenvalue weighted by molar-refractivity contribution is 0.0733. The van der Waals surface area contributed by atoms with Gasteiger partial charge in [-0.25, -0.2) is 0 Å². The van der Waals surface area contributed by atoms with Crippen LogP contribution in [0.5, 0.6) is 11.5 Å². The number of carbonyl (C=O) groups is 1. The molecule has 2 rings (SSSR count). The van der Waals surface area contributed by atoms with E-state index in [0.29, 0.717) is 17.1 Å². The summed E-state index contributed by atoms with van der Waals surface area (Å²) in [5, 5.41) is 3.26. The van der Waals surface area contributed by atoms with E-state index in [4.69, 9.17) is 9.05 Å². The van der Waals surface area contributed by atoms with Crippen molar-refractivity contribution in [3.63, 3.8) is 0 Å². The summed E-state index contributed by atoms with van der Waals surface area (Å²) in [5.41, 5.74) is 1.62. The van der Waals surface area contributed by atoms with Gasteiger partial charge in [-0.3, -0.25) is 4.79 Å². The fourth-order valence-corrected chi connectivity index (χ4v) is 2.86. The lowest BCUT2D eigenvalue weighted by Crippen LogP contribution is -2.46. The van der Waals surface area contributed by atoms with E-state index in [2.05, 4.69) is 31.2 Å². The van der Waals surface area contributed by atoms with Gasteiger partial charge in [-0.2, -0.15) is 0 Å². The van der Waals surface area contributed by atoms with Gasteiger partial charge in [-0.1, -0.05) is 13.3 Å². The van der Waals surface area contributed by atoms with Crippen molar-refractivity contribution in [1.82, 2.24) is 10.2 Å². The van der Waals surface area contributed by atoms with Crippen LogP contribution in [0.1, 0.15) is 29.3 Å². The molecule has 1 saturated heterocycles. The Morgan fingerprint density at radius 1 is 1.29 bits per heavy atom. The largest absolute Gasteiger partial charge is 0.480 e. The number of rotatable bonds is 5. The van der Waals surface area contributed by atoms with Gasteiger partial charge < -0.3 is 19.3 Å². The summed E-state index contributed by atoms with van der Waals surface area (Å²) in [4.78, 5) is 14.7. The highest BCUT2D eigenvalue weighted by Crippen LogP contribution is 2.33. The molecule has 5 nitrogen and oxygen atoms in total. The van der Waals surface area contributed by atoms with Crippen LogP contribution in [0.15, 0.2) is 12.1 Å². The molecular formula is C14H22N2O3P2. The monoisotopic (exact) mass is 328 g/mol. The molecule has 1 heterocycles. The standard InChI is InChI=1S/C14H22N2O3P2/c1-2-3-10-8-11(18-20)9-12(19-21)13(10)14(17)16-6-4-15-5-7-16/h8-9,15H,2-7,20-21H2,1H3. The van der Waals surface area contributed by atoms with Crippen LogP contribution < -0.4 is 14.4 Å². The van der Waals surface area contributed by atoms with Gasteiger partial charge >= 0.3 is 0 Å². The van der Waals surface area contributed by atoms with E-state index in [9.17, 15) is 4.79 Å². The number of nitrogens with zero attached hydrogens (tertiary/aromatic N) is 1. The second-order valence-electron chi connectivity index (χ2n) is 4.98. The fourth-order valence-electron chi connectivity index (χ4n) is 2.54. The molecule has 1 aromatic rings. The summed E-state index contributed by atoms with van der Waals surface area (Å²) in [6.07, 6.45) is 1.77. The van der Waals surface area contributed by atoms with E-state index in [1.807, 2.05) is 11.0 Å². The summed E-state index contributed by atoms with van der Waals surface area (Å²) in [7, 11) is 4.44. The van der Waals surface area contributed by atoms with Crippen molar-refractivity contribution >= 4 is 24.8 Å². The van der Waals surface area contributed by atoms with Crippen molar-refractivity contribution in [2.75, 3.05) is 26.2 Å². The van der Waals surface area contributed by atoms with Gasteiger partial charge in [0.1, 0.15) is 11.5 Å². The smallest absolute Gasteiger partial charge is 0.258 e. The first kappa shape index (κ1) is 16.5. The second kappa shape index (κ2) is 7.93. The third-order valence-corrected chi connectivity index (χ3v) is 4.08. The van der Waals surface area contributed by atoms with Crippen LogP contribution in [0, 0.1) is 0 Å². The maximum absolute atomic E-state index is 12.8. The van der Waals surface area contributed by atoms with Crippen LogP contribution in [0.3, 0.4) is 0 Å². The van der Waals surface area contributed by atoms with Gasteiger partial charge in [-0.05, 0) is 18.1 Å². The van der Waals surface area contributed by atoms with Crippen LogP contribution in [-0.4, -0.2) is 37.0 Å². The lowest BCUT2D eigenvalue weighted by Gasteiger charge is -2.29. The first-order chi connectivity index (χ1) is 10.2. The van der Waals surface area contributed by atoms with E-state index in [-0.39, 0.29) is 5.91 Å². The first-order valence-electron chi connectivity index (χ1n) is 7.11. The minimum Gasteiger partial charge on any atom is -0.480 e. The van der Waals surface area contributed by atoms with Crippen LogP contribution in [0.4, 0.5) is 0 Å². The van der Waals surface area contributed by atoms with Gasteiger partial charge in [0.05, 0.1) is 24.5 Å². The van der Waals surface area contributed by atoms with Crippen molar-refractivity contribution in [2.24, 2.45) is 0 Å². The molecule has 0 aliphatic carbocycles. The Kier molecular flexibility index (Phi) is 6.22. The quantitative estimate of drug-likeness (QED) is 0.840. The molecule has 116 valence electrons. The number of hydrogen-bond donors (Lipinski definition) is 1. The van der Waals surface area contributed by atoms with E-state index >= 15 is 0 Å². The summed E-state index contributed by atoms with van der Waals surface area (Å²) >= 11 is 0. The molecule has 1 aliphatic rings. The normalized spacial score (nSPS) is 14.9. The maximum atomic E-state index is 12.8. The van der Waals surface area contributed by atoms with Gasteiger partial charge in [0, 0.05) is 32.2 Å². The Balaban J connectivity index is 2.40. The van der Waals surface area contributed by atoms with E-state index in [1.165, 1.54) is 0 Å². The number of carbonyl (C=O) groups excluding carboxylic acids is 1. The zero-order valence-corrected chi connectivity index (χ0v) is 14.5. The van der Waals surface area contributed by atoms with Gasteiger partial charge in [0.15, 0.2) is 0 Å². The SMILES string of the molecule is CCCc1cc(OP)cc(OP)c1C(=O)N1CCNCC1.